The highest BCUT2D eigenvalue weighted by Gasteiger charge is 2.13. The van der Waals surface area contributed by atoms with E-state index in [0.717, 1.165) is 0 Å². The number of sulfonamides is 1. The van der Waals surface area contributed by atoms with Gasteiger partial charge in [-0.3, -0.25) is 0 Å². The van der Waals surface area contributed by atoms with Crippen molar-refractivity contribution in [2.24, 2.45) is 5.14 Å². The van der Waals surface area contributed by atoms with E-state index in [1.54, 1.807) is 38.5 Å². The molecule has 0 unspecified atom stereocenters. The molecule has 2 aromatic rings. The van der Waals surface area contributed by atoms with Crippen molar-refractivity contribution >= 4 is 15.7 Å². The predicted octanol–water partition coefficient (Wildman–Crippen LogP) is 1.56. The Morgan fingerprint density at radius 2 is 1.95 bits per heavy atom. The van der Waals surface area contributed by atoms with Crippen molar-refractivity contribution < 1.29 is 22.3 Å². The molecule has 21 heavy (non-hydrogen) atoms. The first-order valence-corrected chi connectivity index (χ1v) is 7.56. The Bertz CT molecular complexity index is 724. The smallest absolute Gasteiger partial charge is 0.271 e. The summed E-state index contributed by atoms with van der Waals surface area (Å²) >= 11 is 0. The van der Waals surface area contributed by atoms with Crippen molar-refractivity contribution in [3.8, 4) is 11.5 Å². The first-order chi connectivity index (χ1) is 9.94. The number of nitrogens with two attached hydrogens (primary N) is 1. The molecular formula is C13H16N2O5S. The maximum absolute atomic E-state index is 11.1. The minimum atomic E-state index is -3.83. The van der Waals surface area contributed by atoms with E-state index < -0.39 is 10.0 Å². The zero-order chi connectivity index (χ0) is 15.5. The van der Waals surface area contributed by atoms with Crippen LogP contribution in [-0.2, 0) is 16.6 Å². The van der Waals surface area contributed by atoms with Gasteiger partial charge in [-0.05, 0) is 24.3 Å². The summed E-state index contributed by atoms with van der Waals surface area (Å²) in [4.78, 5) is 0. The minimum absolute atomic E-state index is 0.267. The lowest BCUT2D eigenvalue weighted by molar-refractivity contribution is 0.403. The fourth-order valence-corrected chi connectivity index (χ4v) is 2.22. The number of hydrogen-bond acceptors (Lipinski definition) is 6. The summed E-state index contributed by atoms with van der Waals surface area (Å²) < 4.78 is 37.8. The molecule has 2 rings (SSSR count). The molecule has 114 valence electrons. The Morgan fingerprint density at radius 3 is 2.52 bits per heavy atom. The summed E-state index contributed by atoms with van der Waals surface area (Å²) in [6.45, 7) is 0.277. The summed E-state index contributed by atoms with van der Waals surface area (Å²) in [6, 6.07) is 8.16. The van der Waals surface area contributed by atoms with Gasteiger partial charge in [-0.2, -0.15) is 0 Å². The summed E-state index contributed by atoms with van der Waals surface area (Å²) in [7, 11) is -0.707. The van der Waals surface area contributed by atoms with Crippen LogP contribution < -0.4 is 19.9 Å². The van der Waals surface area contributed by atoms with Crippen LogP contribution in [-0.4, -0.2) is 22.6 Å². The molecule has 7 nitrogen and oxygen atoms in total. The Balaban J connectivity index is 2.14. The summed E-state index contributed by atoms with van der Waals surface area (Å²) in [5.74, 6) is 1.74. The standard InChI is InChI=1S/C13H16N2O5S/c1-18-9-3-5-12(19-2)11(7-9)15-8-10-4-6-13(20-10)21(14,16)17/h3-7,15H,8H2,1-2H3,(H2,14,16,17). The maximum Gasteiger partial charge on any atom is 0.271 e. The Hall–Kier alpha value is -2.19. The molecule has 1 heterocycles. The number of primary sulfonamides is 1. The van der Waals surface area contributed by atoms with Crippen molar-refractivity contribution in [2.45, 2.75) is 11.6 Å². The lowest BCUT2D eigenvalue weighted by atomic mass is 10.2. The molecule has 1 aromatic heterocycles. The fourth-order valence-electron chi connectivity index (χ4n) is 1.74. The topological polar surface area (TPSA) is 104 Å². The van der Waals surface area contributed by atoms with Gasteiger partial charge in [-0.1, -0.05) is 0 Å². The van der Waals surface area contributed by atoms with E-state index in [4.69, 9.17) is 19.0 Å². The number of ether oxygens (including phenoxy) is 2. The lowest BCUT2D eigenvalue weighted by Gasteiger charge is -2.11. The van der Waals surface area contributed by atoms with Crippen LogP contribution in [0, 0.1) is 0 Å². The molecule has 1 aromatic carbocycles. The van der Waals surface area contributed by atoms with Crippen LogP contribution in [0.15, 0.2) is 39.8 Å². The van der Waals surface area contributed by atoms with Crippen LogP contribution in [0.5, 0.6) is 11.5 Å². The number of methoxy groups -OCH3 is 2. The first kappa shape index (κ1) is 15.2. The van der Waals surface area contributed by atoms with Crippen LogP contribution in [0.2, 0.25) is 0 Å². The third-order valence-corrected chi connectivity index (χ3v) is 3.56. The second kappa shape index (κ2) is 6.06. The Kier molecular flexibility index (Phi) is 4.39. The Labute approximate surface area is 122 Å². The molecule has 0 spiro atoms. The minimum Gasteiger partial charge on any atom is -0.497 e. The number of hydrogen-bond donors (Lipinski definition) is 2. The second-order valence-corrected chi connectivity index (χ2v) is 5.68. The third-order valence-electron chi connectivity index (χ3n) is 2.78. The average molecular weight is 312 g/mol. The molecular weight excluding hydrogens is 296 g/mol. The van der Waals surface area contributed by atoms with Gasteiger partial charge >= 0.3 is 0 Å². The van der Waals surface area contributed by atoms with Crippen molar-refractivity contribution in [3.63, 3.8) is 0 Å². The second-order valence-electron chi connectivity index (χ2n) is 4.19. The molecule has 8 heteroatoms. The van der Waals surface area contributed by atoms with E-state index in [1.807, 2.05) is 0 Å². The van der Waals surface area contributed by atoms with Crippen LogP contribution >= 0.6 is 0 Å². The van der Waals surface area contributed by atoms with Crippen LogP contribution in [0.3, 0.4) is 0 Å². The molecule has 0 aliphatic heterocycles. The molecule has 0 atom stereocenters. The Morgan fingerprint density at radius 1 is 1.19 bits per heavy atom. The molecule has 0 radical (unpaired) electrons. The van der Waals surface area contributed by atoms with Crippen molar-refractivity contribution in [1.82, 2.24) is 0 Å². The third kappa shape index (κ3) is 3.67. The molecule has 0 amide bonds. The number of rotatable bonds is 6. The molecule has 0 fully saturated rings. The van der Waals surface area contributed by atoms with Crippen molar-refractivity contribution in [1.29, 1.82) is 0 Å². The summed E-state index contributed by atoms with van der Waals surface area (Å²) in [5.41, 5.74) is 0.699. The first-order valence-electron chi connectivity index (χ1n) is 6.01. The van der Waals surface area contributed by atoms with Gasteiger partial charge in [0.25, 0.3) is 10.0 Å². The predicted molar refractivity (Wildman–Crippen MR) is 77.0 cm³/mol. The highest BCUT2D eigenvalue weighted by atomic mass is 32.2. The van der Waals surface area contributed by atoms with Gasteiger partial charge in [-0.15, -0.1) is 0 Å². The lowest BCUT2D eigenvalue weighted by Crippen LogP contribution is -2.10. The zero-order valence-electron chi connectivity index (χ0n) is 11.6. The SMILES string of the molecule is COc1ccc(OC)c(NCc2ccc(S(N)(=O)=O)o2)c1. The van der Waals surface area contributed by atoms with Crippen LogP contribution in [0.1, 0.15) is 5.76 Å². The van der Waals surface area contributed by atoms with Gasteiger partial charge in [0, 0.05) is 6.07 Å². The van der Waals surface area contributed by atoms with Gasteiger partial charge in [-0.25, -0.2) is 13.6 Å². The summed E-state index contributed by atoms with van der Waals surface area (Å²) in [5, 5.41) is 7.80. The van der Waals surface area contributed by atoms with Gasteiger partial charge in [0.15, 0.2) is 0 Å². The highest BCUT2D eigenvalue weighted by Crippen LogP contribution is 2.29. The molecule has 3 N–H and O–H groups in total. The van der Waals surface area contributed by atoms with Crippen molar-refractivity contribution in [3.05, 3.63) is 36.1 Å². The molecule has 0 aliphatic rings. The monoisotopic (exact) mass is 312 g/mol. The number of nitrogens with one attached hydrogen (secondary N) is 1. The quantitative estimate of drug-likeness (QED) is 0.839. The molecule has 0 saturated heterocycles. The van der Waals surface area contributed by atoms with E-state index in [1.165, 1.54) is 6.07 Å². The van der Waals surface area contributed by atoms with Gasteiger partial charge in [0.05, 0.1) is 26.5 Å². The number of anilines is 1. The maximum atomic E-state index is 11.1. The summed E-state index contributed by atoms with van der Waals surface area (Å²) in [6.07, 6.45) is 0. The zero-order valence-corrected chi connectivity index (χ0v) is 12.4. The fraction of sp³-hybridized carbons (Fsp3) is 0.231. The van der Waals surface area contributed by atoms with Gasteiger partial charge in [0.2, 0.25) is 5.09 Å². The molecule has 0 saturated carbocycles. The van der Waals surface area contributed by atoms with E-state index in [-0.39, 0.29) is 11.6 Å². The van der Waals surface area contributed by atoms with Gasteiger partial charge in [0.1, 0.15) is 17.3 Å². The normalized spacial score (nSPS) is 11.2. The van der Waals surface area contributed by atoms with Crippen LogP contribution in [0.4, 0.5) is 5.69 Å². The van der Waals surface area contributed by atoms with E-state index in [2.05, 4.69) is 5.32 Å². The van der Waals surface area contributed by atoms with E-state index in [0.29, 0.717) is 22.9 Å². The van der Waals surface area contributed by atoms with Crippen molar-refractivity contribution in [2.75, 3.05) is 19.5 Å². The van der Waals surface area contributed by atoms with Gasteiger partial charge < -0.3 is 19.2 Å². The van der Waals surface area contributed by atoms with E-state index >= 15 is 0 Å². The average Bonchev–Trinajstić information content (AvgIpc) is 2.93. The molecule has 0 aliphatic carbocycles. The van der Waals surface area contributed by atoms with Crippen LogP contribution in [0.25, 0.3) is 0 Å². The molecule has 0 bridgehead atoms. The number of furan rings is 1. The van der Waals surface area contributed by atoms with E-state index in [9.17, 15) is 8.42 Å². The number of benzene rings is 1. The highest BCUT2D eigenvalue weighted by molar-refractivity contribution is 7.89. The largest absolute Gasteiger partial charge is 0.497 e.